The van der Waals surface area contributed by atoms with E-state index in [1.54, 1.807) is 12.3 Å². The zero-order chi connectivity index (χ0) is 13.0. The highest BCUT2D eigenvalue weighted by Gasteiger charge is 2.12. The number of hydrogen-bond donors (Lipinski definition) is 1. The standard InChI is InChI=1S/C10H9FN4O2S/c1-2-17-8(16)7-5-18-10(14-7)15-9-12-3-6(11)4-13-9/h3-5H,2H2,1H3,(H,12,13,14,15). The van der Waals surface area contributed by atoms with E-state index in [-0.39, 0.29) is 11.6 Å². The van der Waals surface area contributed by atoms with Gasteiger partial charge < -0.3 is 10.1 Å². The number of thiazole rings is 1. The highest BCUT2D eigenvalue weighted by atomic mass is 32.1. The summed E-state index contributed by atoms with van der Waals surface area (Å²) in [6.45, 7) is 2.01. The lowest BCUT2D eigenvalue weighted by molar-refractivity contribution is 0.0520. The van der Waals surface area contributed by atoms with Gasteiger partial charge in [-0.05, 0) is 6.92 Å². The van der Waals surface area contributed by atoms with E-state index in [4.69, 9.17) is 4.74 Å². The maximum Gasteiger partial charge on any atom is 0.357 e. The van der Waals surface area contributed by atoms with Gasteiger partial charge in [0, 0.05) is 5.38 Å². The molecule has 0 aliphatic carbocycles. The molecule has 0 unspecified atom stereocenters. The zero-order valence-electron chi connectivity index (χ0n) is 9.38. The summed E-state index contributed by atoms with van der Waals surface area (Å²) in [5, 5.41) is 4.75. The van der Waals surface area contributed by atoms with Crippen LogP contribution in [0.25, 0.3) is 0 Å². The molecule has 1 N–H and O–H groups in total. The number of carbonyl (C=O) groups is 1. The van der Waals surface area contributed by atoms with Crippen molar-refractivity contribution < 1.29 is 13.9 Å². The number of anilines is 2. The van der Waals surface area contributed by atoms with Gasteiger partial charge in [0.2, 0.25) is 5.95 Å². The molecular weight excluding hydrogens is 259 g/mol. The van der Waals surface area contributed by atoms with Gasteiger partial charge in [-0.15, -0.1) is 11.3 Å². The summed E-state index contributed by atoms with van der Waals surface area (Å²) in [4.78, 5) is 22.8. The first-order chi connectivity index (χ1) is 8.69. The van der Waals surface area contributed by atoms with Gasteiger partial charge in [0.05, 0.1) is 19.0 Å². The van der Waals surface area contributed by atoms with Crippen molar-refractivity contribution in [2.45, 2.75) is 6.92 Å². The number of carbonyl (C=O) groups excluding carboxylic acids is 1. The van der Waals surface area contributed by atoms with Gasteiger partial charge in [0.1, 0.15) is 0 Å². The number of nitrogens with one attached hydrogen (secondary N) is 1. The Morgan fingerprint density at radius 1 is 1.50 bits per heavy atom. The maximum absolute atomic E-state index is 12.6. The fourth-order valence-corrected chi connectivity index (χ4v) is 1.78. The van der Waals surface area contributed by atoms with E-state index in [1.165, 1.54) is 11.3 Å². The average Bonchev–Trinajstić information content (AvgIpc) is 2.81. The third-order valence-corrected chi connectivity index (χ3v) is 2.59. The van der Waals surface area contributed by atoms with E-state index in [2.05, 4.69) is 20.3 Å². The molecule has 6 nitrogen and oxygen atoms in total. The molecule has 8 heteroatoms. The second-order valence-electron chi connectivity index (χ2n) is 3.11. The SMILES string of the molecule is CCOC(=O)c1csc(Nc2ncc(F)cn2)n1. The van der Waals surface area contributed by atoms with Crippen LogP contribution in [-0.4, -0.2) is 27.5 Å². The topological polar surface area (TPSA) is 77.0 Å². The van der Waals surface area contributed by atoms with E-state index in [0.29, 0.717) is 11.7 Å². The van der Waals surface area contributed by atoms with Crippen LogP contribution in [0, 0.1) is 5.82 Å². The Kier molecular flexibility index (Phi) is 3.78. The molecule has 94 valence electrons. The van der Waals surface area contributed by atoms with E-state index in [1.807, 2.05) is 0 Å². The summed E-state index contributed by atoms with van der Waals surface area (Å²) in [5.41, 5.74) is 0.214. The summed E-state index contributed by atoms with van der Waals surface area (Å²) in [7, 11) is 0. The second kappa shape index (κ2) is 5.50. The van der Waals surface area contributed by atoms with Gasteiger partial charge in [-0.2, -0.15) is 0 Å². The summed E-state index contributed by atoms with van der Waals surface area (Å²) in [6, 6.07) is 0. The van der Waals surface area contributed by atoms with Crippen LogP contribution in [0.15, 0.2) is 17.8 Å². The first kappa shape index (κ1) is 12.4. The molecule has 0 atom stereocenters. The summed E-state index contributed by atoms with van der Waals surface area (Å²) < 4.78 is 17.4. The van der Waals surface area contributed by atoms with Crippen LogP contribution >= 0.6 is 11.3 Å². The second-order valence-corrected chi connectivity index (χ2v) is 3.97. The molecule has 0 aliphatic rings. The smallest absolute Gasteiger partial charge is 0.357 e. The van der Waals surface area contributed by atoms with Crippen LogP contribution in [0.1, 0.15) is 17.4 Å². The molecule has 2 aromatic heterocycles. The van der Waals surface area contributed by atoms with Crippen LogP contribution < -0.4 is 5.32 Å². The fraction of sp³-hybridized carbons (Fsp3) is 0.200. The number of esters is 1. The molecule has 0 bridgehead atoms. The van der Waals surface area contributed by atoms with Gasteiger partial charge in [0.15, 0.2) is 16.6 Å². The molecule has 0 radical (unpaired) electrons. The quantitative estimate of drug-likeness (QED) is 0.854. The number of ether oxygens (including phenoxy) is 1. The largest absolute Gasteiger partial charge is 0.461 e. The molecule has 0 saturated heterocycles. The summed E-state index contributed by atoms with van der Waals surface area (Å²) in [5.74, 6) is -0.796. The maximum atomic E-state index is 12.6. The van der Waals surface area contributed by atoms with Crippen LogP contribution in [-0.2, 0) is 4.74 Å². The lowest BCUT2D eigenvalue weighted by Crippen LogP contribution is -2.05. The van der Waals surface area contributed by atoms with Crippen molar-refractivity contribution in [1.82, 2.24) is 15.0 Å². The molecule has 0 saturated carbocycles. The predicted molar refractivity (Wildman–Crippen MR) is 63.3 cm³/mol. The van der Waals surface area contributed by atoms with E-state index in [0.717, 1.165) is 12.4 Å². The molecule has 0 spiro atoms. The Hall–Kier alpha value is -2.09. The van der Waals surface area contributed by atoms with Crippen molar-refractivity contribution >= 4 is 28.4 Å². The van der Waals surface area contributed by atoms with Crippen molar-refractivity contribution in [2.24, 2.45) is 0 Å². The Bertz CT molecular complexity index is 543. The Balaban J connectivity index is 2.06. The molecule has 2 rings (SSSR count). The third kappa shape index (κ3) is 2.98. The van der Waals surface area contributed by atoms with Crippen molar-refractivity contribution in [3.8, 4) is 0 Å². The molecule has 2 aromatic rings. The zero-order valence-corrected chi connectivity index (χ0v) is 10.2. The van der Waals surface area contributed by atoms with Gasteiger partial charge in [-0.1, -0.05) is 0 Å². The van der Waals surface area contributed by atoms with Crippen molar-refractivity contribution in [3.63, 3.8) is 0 Å². The highest BCUT2D eigenvalue weighted by Crippen LogP contribution is 2.18. The minimum atomic E-state index is -0.521. The number of aromatic nitrogens is 3. The molecule has 2 heterocycles. The number of nitrogens with zero attached hydrogens (tertiary/aromatic N) is 3. The Labute approximate surface area is 106 Å². The minimum absolute atomic E-state index is 0.209. The fourth-order valence-electron chi connectivity index (χ4n) is 1.10. The Morgan fingerprint density at radius 2 is 2.22 bits per heavy atom. The summed E-state index contributed by atoms with van der Waals surface area (Å²) in [6.07, 6.45) is 2.07. The van der Waals surface area contributed by atoms with E-state index in [9.17, 15) is 9.18 Å². The average molecular weight is 268 g/mol. The molecule has 0 amide bonds. The molecular formula is C10H9FN4O2S. The van der Waals surface area contributed by atoms with E-state index >= 15 is 0 Å². The van der Waals surface area contributed by atoms with Crippen LogP contribution in [0.3, 0.4) is 0 Å². The lowest BCUT2D eigenvalue weighted by Gasteiger charge is -1.99. The molecule has 0 aromatic carbocycles. The third-order valence-electron chi connectivity index (χ3n) is 1.83. The van der Waals surface area contributed by atoms with Crippen molar-refractivity contribution in [2.75, 3.05) is 11.9 Å². The van der Waals surface area contributed by atoms with Gasteiger partial charge in [0.25, 0.3) is 0 Å². The lowest BCUT2D eigenvalue weighted by atomic mass is 10.5. The van der Waals surface area contributed by atoms with E-state index < -0.39 is 11.8 Å². The number of hydrogen-bond acceptors (Lipinski definition) is 7. The predicted octanol–water partition coefficient (Wildman–Crippen LogP) is 1.99. The van der Waals surface area contributed by atoms with Gasteiger partial charge in [-0.3, -0.25) is 0 Å². The first-order valence-corrected chi connectivity index (χ1v) is 5.94. The van der Waals surface area contributed by atoms with Crippen LogP contribution in [0.5, 0.6) is 0 Å². The minimum Gasteiger partial charge on any atom is -0.461 e. The van der Waals surface area contributed by atoms with Crippen molar-refractivity contribution in [1.29, 1.82) is 0 Å². The highest BCUT2D eigenvalue weighted by molar-refractivity contribution is 7.14. The van der Waals surface area contributed by atoms with Gasteiger partial charge >= 0.3 is 5.97 Å². The number of rotatable bonds is 4. The Morgan fingerprint density at radius 3 is 2.89 bits per heavy atom. The normalized spacial score (nSPS) is 10.1. The first-order valence-electron chi connectivity index (χ1n) is 5.06. The number of halogens is 1. The monoisotopic (exact) mass is 268 g/mol. The van der Waals surface area contributed by atoms with Crippen LogP contribution in [0.2, 0.25) is 0 Å². The molecule has 18 heavy (non-hydrogen) atoms. The van der Waals surface area contributed by atoms with Crippen molar-refractivity contribution in [3.05, 3.63) is 29.3 Å². The molecule has 0 aliphatic heterocycles. The van der Waals surface area contributed by atoms with Crippen LogP contribution in [0.4, 0.5) is 15.5 Å². The molecule has 0 fully saturated rings. The van der Waals surface area contributed by atoms with Gasteiger partial charge in [-0.25, -0.2) is 24.1 Å². The summed E-state index contributed by atoms with van der Waals surface area (Å²) >= 11 is 1.21.